The fourth-order valence-electron chi connectivity index (χ4n) is 3.67. The van der Waals surface area contributed by atoms with E-state index in [2.05, 4.69) is 22.4 Å². The Balaban J connectivity index is 1.19. The maximum atomic E-state index is 12.8. The Morgan fingerprint density at radius 2 is 1.76 bits per heavy atom. The summed E-state index contributed by atoms with van der Waals surface area (Å²) in [6, 6.07) is 19.8. The van der Waals surface area contributed by atoms with E-state index in [-0.39, 0.29) is 5.91 Å². The zero-order valence-electron chi connectivity index (χ0n) is 16.0. The molecule has 2 aromatic heterocycles. The van der Waals surface area contributed by atoms with Crippen molar-refractivity contribution in [2.75, 3.05) is 26.2 Å². The van der Waals surface area contributed by atoms with E-state index in [4.69, 9.17) is 9.40 Å². The number of amides is 1. The van der Waals surface area contributed by atoms with Crippen LogP contribution in [-0.2, 0) is 6.54 Å². The van der Waals surface area contributed by atoms with E-state index in [9.17, 15) is 4.79 Å². The molecular weight excluding hydrogens is 382 g/mol. The van der Waals surface area contributed by atoms with E-state index in [0.717, 1.165) is 46.9 Å². The summed E-state index contributed by atoms with van der Waals surface area (Å²) in [6.45, 7) is 3.90. The van der Waals surface area contributed by atoms with Crippen LogP contribution in [0.3, 0.4) is 0 Å². The van der Waals surface area contributed by atoms with Gasteiger partial charge in [0, 0.05) is 42.5 Å². The third-order valence-electron chi connectivity index (χ3n) is 5.28. The number of hydrogen-bond donors (Lipinski definition) is 0. The summed E-state index contributed by atoms with van der Waals surface area (Å²) < 4.78 is 5.74. The van der Waals surface area contributed by atoms with Crippen molar-refractivity contribution in [2.24, 2.45) is 0 Å². The molecule has 2 aromatic carbocycles. The highest BCUT2D eigenvalue weighted by molar-refractivity contribution is 7.09. The minimum Gasteiger partial charge on any atom is -0.451 e. The molecule has 146 valence electrons. The summed E-state index contributed by atoms with van der Waals surface area (Å²) in [7, 11) is 0. The minimum atomic E-state index is -0.0264. The molecule has 1 fully saturated rings. The normalized spacial score (nSPS) is 15.1. The molecule has 4 aromatic rings. The summed E-state index contributed by atoms with van der Waals surface area (Å²) in [4.78, 5) is 21.8. The SMILES string of the molecule is O=C(c1cc2ccccc2o1)N1CCN(Cc2nc(-c3ccccc3)cs2)CC1. The number of nitrogens with zero attached hydrogens (tertiary/aromatic N) is 3. The quantitative estimate of drug-likeness (QED) is 0.503. The maximum Gasteiger partial charge on any atom is 0.289 e. The van der Waals surface area contributed by atoms with E-state index in [0.29, 0.717) is 18.8 Å². The van der Waals surface area contributed by atoms with Crippen LogP contribution in [0, 0.1) is 0 Å². The monoisotopic (exact) mass is 403 g/mol. The van der Waals surface area contributed by atoms with E-state index in [1.54, 1.807) is 11.3 Å². The molecule has 1 amide bonds. The number of fused-ring (bicyclic) bond motifs is 1. The van der Waals surface area contributed by atoms with Gasteiger partial charge in [-0.15, -0.1) is 11.3 Å². The minimum absolute atomic E-state index is 0.0264. The van der Waals surface area contributed by atoms with Crippen molar-refractivity contribution in [3.05, 3.63) is 76.8 Å². The molecule has 0 unspecified atom stereocenters. The molecule has 0 radical (unpaired) electrons. The highest BCUT2D eigenvalue weighted by Gasteiger charge is 2.25. The number of benzene rings is 2. The Morgan fingerprint density at radius 1 is 1.00 bits per heavy atom. The Hall–Kier alpha value is -2.96. The summed E-state index contributed by atoms with van der Waals surface area (Å²) in [5.74, 6) is 0.397. The number of carbonyl (C=O) groups excluding carboxylic acids is 1. The predicted molar refractivity (Wildman–Crippen MR) is 115 cm³/mol. The Bertz CT molecular complexity index is 1090. The second kappa shape index (κ2) is 7.81. The second-order valence-corrected chi connectivity index (χ2v) is 8.15. The third-order valence-corrected chi connectivity index (χ3v) is 6.11. The maximum absolute atomic E-state index is 12.8. The Morgan fingerprint density at radius 3 is 2.55 bits per heavy atom. The first kappa shape index (κ1) is 18.1. The van der Waals surface area contributed by atoms with Gasteiger partial charge in [-0.2, -0.15) is 0 Å². The smallest absolute Gasteiger partial charge is 0.289 e. The van der Waals surface area contributed by atoms with Gasteiger partial charge in [-0.05, 0) is 12.1 Å². The second-order valence-electron chi connectivity index (χ2n) is 7.21. The largest absolute Gasteiger partial charge is 0.451 e. The molecule has 0 bridgehead atoms. The van der Waals surface area contributed by atoms with Crippen LogP contribution in [0.25, 0.3) is 22.2 Å². The topological polar surface area (TPSA) is 49.6 Å². The lowest BCUT2D eigenvalue weighted by Gasteiger charge is -2.33. The first-order valence-electron chi connectivity index (χ1n) is 9.76. The van der Waals surface area contributed by atoms with Gasteiger partial charge in [-0.1, -0.05) is 48.5 Å². The molecule has 0 atom stereocenters. The molecule has 0 aliphatic carbocycles. The van der Waals surface area contributed by atoms with Crippen molar-refractivity contribution < 1.29 is 9.21 Å². The highest BCUT2D eigenvalue weighted by atomic mass is 32.1. The lowest BCUT2D eigenvalue weighted by molar-refractivity contribution is 0.0600. The summed E-state index contributed by atoms with van der Waals surface area (Å²) >= 11 is 1.70. The number of hydrogen-bond acceptors (Lipinski definition) is 5. The fourth-order valence-corrected chi connectivity index (χ4v) is 4.51. The van der Waals surface area contributed by atoms with Crippen molar-refractivity contribution in [2.45, 2.75) is 6.54 Å². The van der Waals surface area contributed by atoms with E-state index < -0.39 is 0 Å². The Kier molecular flexibility index (Phi) is 4.87. The summed E-state index contributed by atoms with van der Waals surface area (Å²) in [5.41, 5.74) is 2.94. The highest BCUT2D eigenvalue weighted by Crippen LogP contribution is 2.24. The molecule has 1 aliphatic heterocycles. The number of para-hydroxylation sites is 1. The van der Waals surface area contributed by atoms with Gasteiger partial charge in [0.05, 0.1) is 12.2 Å². The first-order chi connectivity index (χ1) is 14.3. The molecule has 0 saturated carbocycles. The molecule has 5 rings (SSSR count). The van der Waals surface area contributed by atoms with Gasteiger partial charge in [0.15, 0.2) is 5.76 Å². The summed E-state index contributed by atoms with van der Waals surface area (Å²) in [6.07, 6.45) is 0. The molecule has 0 spiro atoms. The van der Waals surface area contributed by atoms with Gasteiger partial charge >= 0.3 is 0 Å². The van der Waals surface area contributed by atoms with Crippen LogP contribution < -0.4 is 0 Å². The van der Waals surface area contributed by atoms with Crippen molar-refractivity contribution in [3.63, 3.8) is 0 Å². The zero-order chi connectivity index (χ0) is 19.6. The molecule has 3 heterocycles. The van der Waals surface area contributed by atoms with Crippen LogP contribution in [0.5, 0.6) is 0 Å². The van der Waals surface area contributed by atoms with Gasteiger partial charge in [0.1, 0.15) is 10.6 Å². The van der Waals surface area contributed by atoms with Gasteiger partial charge in [-0.25, -0.2) is 4.98 Å². The molecule has 1 saturated heterocycles. The van der Waals surface area contributed by atoms with E-state index in [1.165, 1.54) is 0 Å². The number of aromatic nitrogens is 1. The van der Waals surface area contributed by atoms with Crippen LogP contribution in [0.1, 0.15) is 15.6 Å². The van der Waals surface area contributed by atoms with Gasteiger partial charge in [-0.3, -0.25) is 9.69 Å². The predicted octanol–water partition coefficient (Wildman–Crippen LogP) is 4.51. The van der Waals surface area contributed by atoms with Crippen LogP contribution >= 0.6 is 11.3 Å². The Labute approximate surface area is 173 Å². The van der Waals surface area contributed by atoms with E-state index >= 15 is 0 Å². The van der Waals surface area contributed by atoms with Crippen molar-refractivity contribution in [3.8, 4) is 11.3 Å². The first-order valence-corrected chi connectivity index (χ1v) is 10.6. The lowest BCUT2D eigenvalue weighted by atomic mass is 10.2. The van der Waals surface area contributed by atoms with E-state index in [1.807, 2.05) is 53.4 Å². The molecule has 29 heavy (non-hydrogen) atoms. The molecule has 5 nitrogen and oxygen atoms in total. The lowest BCUT2D eigenvalue weighted by Crippen LogP contribution is -2.48. The van der Waals surface area contributed by atoms with Crippen LogP contribution in [0.2, 0.25) is 0 Å². The third kappa shape index (κ3) is 3.81. The number of furan rings is 1. The van der Waals surface area contributed by atoms with Gasteiger partial charge < -0.3 is 9.32 Å². The van der Waals surface area contributed by atoms with Crippen molar-refractivity contribution in [1.82, 2.24) is 14.8 Å². The average Bonchev–Trinajstić information content (AvgIpc) is 3.41. The van der Waals surface area contributed by atoms with Crippen molar-refractivity contribution >= 4 is 28.2 Å². The standard InChI is InChI=1S/C23H21N3O2S/c27-23(21-14-18-8-4-5-9-20(18)28-21)26-12-10-25(11-13-26)15-22-24-19(16-29-22)17-6-2-1-3-7-17/h1-9,14,16H,10-13,15H2. The number of carbonyl (C=O) groups is 1. The zero-order valence-corrected chi connectivity index (χ0v) is 16.8. The molecular formula is C23H21N3O2S. The van der Waals surface area contributed by atoms with Crippen LogP contribution in [-0.4, -0.2) is 46.9 Å². The fraction of sp³-hybridized carbons (Fsp3) is 0.217. The number of piperazine rings is 1. The average molecular weight is 404 g/mol. The molecule has 6 heteroatoms. The molecule has 0 N–H and O–H groups in total. The number of rotatable bonds is 4. The van der Waals surface area contributed by atoms with Gasteiger partial charge in [0.25, 0.3) is 5.91 Å². The summed E-state index contributed by atoms with van der Waals surface area (Å²) in [5, 5.41) is 4.19. The van der Waals surface area contributed by atoms with Crippen molar-refractivity contribution in [1.29, 1.82) is 0 Å². The van der Waals surface area contributed by atoms with Crippen LogP contribution in [0.15, 0.2) is 70.5 Å². The number of thiazole rings is 1. The van der Waals surface area contributed by atoms with Crippen LogP contribution in [0.4, 0.5) is 0 Å². The molecule has 1 aliphatic rings. The van der Waals surface area contributed by atoms with Gasteiger partial charge in [0.2, 0.25) is 0 Å².